The highest BCUT2D eigenvalue weighted by molar-refractivity contribution is 9.10. The summed E-state index contributed by atoms with van der Waals surface area (Å²) < 4.78 is 16.7. The van der Waals surface area contributed by atoms with E-state index in [1.807, 2.05) is 6.07 Å². The van der Waals surface area contributed by atoms with E-state index in [1.165, 1.54) is 32.1 Å². The summed E-state index contributed by atoms with van der Waals surface area (Å²) in [6.45, 7) is 0. The van der Waals surface area contributed by atoms with Gasteiger partial charge in [-0.3, -0.25) is 0 Å². The molecule has 2 aromatic carbocycles. The Kier molecular flexibility index (Phi) is 5.88. The number of aromatic hydroxyl groups is 1. The number of ether oxygens (including phenoxy) is 3. The molecule has 0 unspecified atom stereocenters. The number of phenolic OH excluding ortho intramolecular Hbond substituents is 1. The molecule has 9 heteroatoms. The summed E-state index contributed by atoms with van der Waals surface area (Å²) in [5, 5.41) is 14.5. The number of nitrogens with zero attached hydrogens (tertiary/aromatic N) is 2. The van der Waals surface area contributed by atoms with E-state index in [-0.39, 0.29) is 28.5 Å². The summed E-state index contributed by atoms with van der Waals surface area (Å²) in [6, 6.07) is 11.8. The number of hydrogen-bond donors (Lipinski definition) is 1. The third kappa shape index (κ3) is 3.56. The Balaban J connectivity index is 2.41. The third-order valence-electron chi connectivity index (χ3n) is 4.19. The van der Waals surface area contributed by atoms with Crippen LogP contribution in [0, 0.1) is 0 Å². The largest absolute Gasteiger partial charge is 0.504 e. The van der Waals surface area contributed by atoms with Gasteiger partial charge in [0, 0.05) is 5.56 Å². The Morgan fingerprint density at radius 3 is 2.24 bits per heavy atom. The van der Waals surface area contributed by atoms with Crippen LogP contribution < -0.4 is 4.74 Å². The highest BCUT2D eigenvalue weighted by atomic mass is 79.9. The lowest BCUT2D eigenvalue weighted by Gasteiger charge is -2.10. The number of carbonyl (C=O) groups is 2. The van der Waals surface area contributed by atoms with Crippen LogP contribution in [0.1, 0.15) is 20.8 Å². The zero-order valence-electron chi connectivity index (χ0n) is 15.8. The van der Waals surface area contributed by atoms with Gasteiger partial charge in [-0.15, -0.1) is 0 Å². The molecule has 0 amide bonds. The van der Waals surface area contributed by atoms with Gasteiger partial charge in [0.05, 0.1) is 31.5 Å². The van der Waals surface area contributed by atoms with Gasteiger partial charge in [-0.05, 0) is 40.2 Å². The topological polar surface area (TPSA) is 99.9 Å². The van der Waals surface area contributed by atoms with Crippen molar-refractivity contribution in [3.63, 3.8) is 0 Å². The van der Waals surface area contributed by atoms with Crippen LogP contribution in [-0.4, -0.2) is 48.2 Å². The van der Waals surface area contributed by atoms with Crippen LogP contribution in [0.2, 0.25) is 0 Å². The van der Waals surface area contributed by atoms with E-state index < -0.39 is 11.9 Å². The molecule has 0 aliphatic carbocycles. The Morgan fingerprint density at radius 2 is 1.66 bits per heavy atom. The number of phenols is 1. The average Bonchev–Trinajstić information content (AvgIpc) is 3.14. The van der Waals surface area contributed by atoms with Gasteiger partial charge in [0.15, 0.2) is 17.2 Å². The van der Waals surface area contributed by atoms with E-state index in [1.54, 1.807) is 30.3 Å². The molecule has 150 valence electrons. The van der Waals surface area contributed by atoms with Gasteiger partial charge >= 0.3 is 11.9 Å². The fraction of sp³-hybridized carbons (Fsp3) is 0.150. The van der Waals surface area contributed by atoms with Crippen LogP contribution in [0.25, 0.3) is 16.9 Å². The quantitative estimate of drug-likeness (QED) is 0.580. The molecule has 0 aliphatic heterocycles. The maximum absolute atomic E-state index is 12.6. The van der Waals surface area contributed by atoms with Crippen molar-refractivity contribution < 1.29 is 28.9 Å². The van der Waals surface area contributed by atoms with Gasteiger partial charge in [-0.25, -0.2) is 14.3 Å². The Bertz CT molecular complexity index is 1080. The highest BCUT2D eigenvalue weighted by Gasteiger charge is 2.32. The van der Waals surface area contributed by atoms with Gasteiger partial charge in [0.1, 0.15) is 11.3 Å². The van der Waals surface area contributed by atoms with Crippen LogP contribution in [0.3, 0.4) is 0 Å². The smallest absolute Gasteiger partial charge is 0.357 e. The predicted molar refractivity (Wildman–Crippen MR) is 108 cm³/mol. The van der Waals surface area contributed by atoms with E-state index in [2.05, 4.69) is 21.0 Å². The molecular formula is C20H17BrN2O6. The molecular weight excluding hydrogens is 444 g/mol. The standard InChI is InChI=1S/C20H17BrN2O6/c1-27-18-13(24)10-9-12(15(18)21)16-14(19(25)28-2)17(20(26)29-3)23(22-16)11-7-5-4-6-8-11/h4-10,24H,1-3H3. The number of rotatable bonds is 5. The van der Waals surface area contributed by atoms with Crippen LogP contribution in [-0.2, 0) is 9.47 Å². The number of methoxy groups -OCH3 is 3. The molecule has 0 aliphatic rings. The molecule has 0 radical (unpaired) electrons. The van der Waals surface area contributed by atoms with Crippen molar-refractivity contribution in [1.29, 1.82) is 0 Å². The second-order valence-electron chi connectivity index (χ2n) is 5.78. The van der Waals surface area contributed by atoms with Crippen molar-refractivity contribution in [2.24, 2.45) is 0 Å². The molecule has 0 saturated carbocycles. The lowest BCUT2D eigenvalue weighted by Crippen LogP contribution is -2.15. The molecule has 3 rings (SSSR count). The third-order valence-corrected chi connectivity index (χ3v) is 4.98. The zero-order valence-corrected chi connectivity index (χ0v) is 17.4. The minimum atomic E-state index is -0.762. The molecule has 0 atom stereocenters. The number of aromatic nitrogens is 2. The van der Waals surface area contributed by atoms with Crippen molar-refractivity contribution in [2.45, 2.75) is 0 Å². The molecule has 29 heavy (non-hydrogen) atoms. The summed E-state index contributed by atoms with van der Waals surface area (Å²) in [5.41, 5.74) is 0.966. The Labute approximate surface area is 174 Å². The normalized spacial score (nSPS) is 10.5. The molecule has 1 aromatic heterocycles. The lowest BCUT2D eigenvalue weighted by molar-refractivity contribution is 0.0549. The van der Waals surface area contributed by atoms with Gasteiger partial charge < -0.3 is 19.3 Å². The second-order valence-corrected chi connectivity index (χ2v) is 6.58. The van der Waals surface area contributed by atoms with E-state index in [0.717, 1.165) is 0 Å². The maximum Gasteiger partial charge on any atom is 0.357 e. The SMILES string of the molecule is COC(=O)c1c(-c2ccc(O)c(OC)c2Br)nn(-c2ccccc2)c1C(=O)OC. The Hall–Kier alpha value is -3.33. The van der Waals surface area contributed by atoms with Crippen molar-refractivity contribution >= 4 is 27.9 Å². The van der Waals surface area contributed by atoms with E-state index in [0.29, 0.717) is 15.7 Å². The van der Waals surface area contributed by atoms with Crippen LogP contribution >= 0.6 is 15.9 Å². The van der Waals surface area contributed by atoms with Gasteiger partial charge in [-0.2, -0.15) is 5.10 Å². The van der Waals surface area contributed by atoms with E-state index in [9.17, 15) is 14.7 Å². The fourth-order valence-electron chi connectivity index (χ4n) is 2.87. The second kappa shape index (κ2) is 8.36. The predicted octanol–water partition coefficient (Wildman–Crippen LogP) is 3.59. The number of benzene rings is 2. The molecule has 1 heterocycles. The van der Waals surface area contributed by atoms with E-state index >= 15 is 0 Å². The summed E-state index contributed by atoms with van der Waals surface area (Å²) >= 11 is 3.38. The van der Waals surface area contributed by atoms with Crippen molar-refractivity contribution in [3.8, 4) is 28.4 Å². The van der Waals surface area contributed by atoms with Crippen molar-refractivity contribution in [2.75, 3.05) is 21.3 Å². The monoisotopic (exact) mass is 460 g/mol. The van der Waals surface area contributed by atoms with Crippen molar-refractivity contribution in [1.82, 2.24) is 9.78 Å². The summed E-state index contributed by atoms with van der Waals surface area (Å²) in [4.78, 5) is 25.2. The number of para-hydroxylation sites is 1. The van der Waals surface area contributed by atoms with Crippen molar-refractivity contribution in [3.05, 3.63) is 58.2 Å². The molecule has 8 nitrogen and oxygen atoms in total. The number of halogens is 1. The first kappa shape index (κ1) is 20.4. The highest BCUT2D eigenvalue weighted by Crippen LogP contribution is 2.42. The summed E-state index contributed by atoms with van der Waals surface area (Å²) in [5.74, 6) is -1.46. The molecule has 0 fully saturated rings. The maximum atomic E-state index is 12.6. The summed E-state index contributed by atoms with van der Waals surface area (Å²) in [7, 11) is 3.82. The van der Waals surface area contributed by atoms with Gasteiger partial charge in [-0.1, -0.05) is 18.2 Å². The number of carbonyl (C=O) groups excluding carboxylic acids is 2. The molecule has 0 spiro atoms. The molecule has 1 N–H and O–H groups in total. The Morgan fingerprint density at radius 1 is 1.00 bits per heavy atom. The first-order valence-corrected chi connectivity index (χ1v) is 9.14. The summed E-state index contributed by atoms with van der Waals surface area (Å²) in [6.07, 6.45) is 0. The average molecular weight is 461 g/mol. The van der Waals surface area contributed by atoms with Crippen LogP contribution in [0.5, 0.6) is 11.5 Å². The minimum Gasteiger partial charge on any atom is -0.504 e. The first-order valence-electron chi connectivity index (χ1n) is 8.35. The van der Waals surface area contributed by atoms with Gasteiger partial charge in [0.2, 0.25) is 0 Å². The zero-order chi connectivity index (χ0) is 21.1. The molecule has 0 saturated heterocycles. The van der Waals surface area contributed by atoms with Crippen LogP contribution in [0.15, 0.2) is 46.9 Å². The molecule has 3 aromatic rings. The minimum absolute atomic E-state index is 0.0726. The van der Waals surface area contributed by atoms with E-state index in [4.69, 9.17) is 14.2 Å². The number of esters is 2. The number of hydrogen-bond acceptors (Lipinski definition) is 7. The first-order chi connectivity index (χ1) is 13.9. The fourth-order valence-corrected chi connectivity index (χ4v) is 3.55. The lowest BCUT2D eigenvalue weighted by atomic mass is 10.0. The molecule has 0 bridgehead atoms. The van der Waals surface area contributed by atoms with Crippen LogP contribution in [0.4, 0.5) is 0 Å². The van der Waals surface area contributed by atoms with Gasteiger partial charge in [0.25, 0.3) is 0 Å².